The third-order valence-corrected chi connectivity index (χ3v) is 5.55. The van der Waals surface area contributed by atoms with Gasteiger partial charge in [-0.25, -0.2) is 9.69 Å². The van der Waals surface area contributed by atoms with Gasteiger partial charge >= 0.3 is 6.03 Å². The van der Waals surface area contributed by atoms with Crippen LogP contribution in [-0.2, 0) is 11.2 Å². The van der Waals surface area contributed by atoms with E-state index in [2.05, 4.69) is 54.4 Å². The molecule has 1 N–H and O–H groups in total. The number of carbonyl (C=O) groups excluding carboxylic acids is 2. The number of amides is 3. The second-order valence-electron chi connectivity index (χ2n) is 8.12. The Morgan fingerprint density at radius 2 is 1.81 bits per heavy atom. The number of hydrogen-bond donors (Lipinski definition) is 1. The molecule has 5 heteroatoms. The molecule has 2 aliphatic rings. The predicted molar refractivity (Wildman–Crippen MR) is 103 cm³/mol. The molecule has 1 aromatic carbocycles. The van der Waals surface area contributed by atoms with E-state index in [-0.39, 0.29) is 18.0 Å². The van der Waals surface area contributed by atoms with Gasteiger partial charge in [-0.05, 0) is 49.5 Å². The van der Waals surface area contributed by atoms with Gasteiger partial charge in [0.15, 0.2) is 0 Å². The van der Waals surface area contributed by atoms with Crippen molar-refractivity contribution in [3.05, 3.63) is 35.9 Å². The van der Waals surface area contributed by atoms with Crippen molar-refractivity contribution in [1.82, 2.24) is 15.1 Å². The second-order valence-corrected chi connectivity index (χ2v) is 8.12. The number of nitrogens with one attached hydrogen (secondary N) is 1. The summed E-state index contributed by atoms with van der Waals surface area (Å²) in [6, 6.07) is 10.1. The Kier molecular flexibility index (Phi) is 6.30. The zero-order valence-corrected chi connectivity index (χ0v) is 16.0. The van der Waals surface area contributed by atoms with Gasteiger partial charge in [0, 0.05) is 13.1 Å². The maximum absolute atomic E-state index is 12.5. The lowest BCUT2D eigenvalue weighted by Gasteiger charge is -2.33. The molecule has 2 fully saturated rings. The molecule has 2 aliphatic heterocycles. The van der Waals surface area contributed by atoms with Crippen molar-refractivity contribution in [2.75, 3.05) is 19.8 Å². The summed E-state index contributed by atoms with van der Waals surface area (Å²) in [6.07, 6.45) is 5.35. The molecule has 2 saturated heterocycles. The van der Waals surface area contributed by atoms with E-state index in [0.717, 1.165) is 38.3 Å². The van der Waals surface area contributed by atoms with Gasteiger partial charge in [0.1, 0.15) is 6.04 Å². The number of nitrogens with zero attached hydrogens (tertiary/aromatic N) is 2. The molecule has 0 saturated carbocycles. The SMILES string of the molecule is CC(C)CC1NC(=O)N(CN2CCC(CCc3ccccc3)CC2)C1=O. The Morgan fingerprint density at radius 3 is 2.46 bits per heavy atom. The molecule has 3 rings (SSSR count). The largest absolute Gasteiger partial charge is 0.326 e. The van der Waals surface area contributed by atoms with Crippen molar-refractivity contribution in [2.24, 2.45) is 11.8 Å². The minimum atomic E-state index is -0.342. The molecule has 142 valence electrons. The molecule has 0 spiro atoms. The molecule has 1 unspecified atom stereocenters. The van der Waals surface area contributed by atoms with E-state index >= 15 is 0 Å². The van der Waals surface area contributed by atoms with E-state index in [1.54, 1.807) is 0 Å². The van der Waals surface area contributed by atoms with Crippen LogP contribution in [0.1, 0.15) is 45.1 Å². The molecular weight excluding hydrogens is 326 g/mol. The summed E-state index contributed by atoms with van der Waals surface area (Å²) in [4.78, 5) is 28.3. The molecule has 1 aromatic rings. The first kappa shape index (κ1) is 18.9. The van der Waals surface area contributed by atoms with Gasteiger partial charge in [-0.1, -0.05) is 44.2 Å². The van der Waals surface area contributed by atoms with Crippen molar-refractivity contribution < 1.29 is 9.59 Å². The van der Waals surface area contributed by atoms with Crippen LogP contribution in [0.25, 0.3) is 0 Å². The molecule has 5 nitrogen and oxygen atoms in total. The summed E-state index contributed by atoms with van der Waals surface area (Å²) in [5.41, 5.74) is 1.41. The van der Waals surface area contributed by atoms with Crippen LogP contribution in [0.4, 0.5) is 4.79 Å². The Hall–Kier alpha value is -1.88. The zero-order valence-electron chi connectivity index (χ0n) is 16.0. The summed E-state index contributed by atoms with van der Waals surface area (Å²) >= 11 is 0. The third kappa shape index (κ3) is 4.85. The van der Waals surface area contributed by atoms with Crippen molar-refractivity contribution in [3.63, 3.8) is 0 Å². The fraction of sp³-hybridized carbons (Fsp3) is 0.619. The van der Waals surface area contributed by atoms with Gasteiger partial charge in [-0.2, -0.15) is 0 Å². The van der Waals surface area contributed by atoms with E-state index in [1.165, 1.54) is 16.9 Å². The lowest BCUT2D eigenvalue weighted by molar-refractivity contribution is -0.129. The van der Waals surface area contributed by atoms with Crippen LogP contribution in [0.5, 0.6) is 0 Å². The number of rotatable bonds is 7. The van der Waals surface area contributed by atoms with Gasteiger partial charge in [0.25, 0.3) is 5.91 Å². The molecule has 0 radical (unpaired) electrons. The molecule has 26 heavy (non-hydrogen) atoms. The summed E-state index contributed by atoms with van der Waals surface area (Å²) < 4.78 is 0. The fourth-order valence-electron chi connectivity index (χ4n) is 3.97. The fourth-order valence-corrected chi connectivity index (χ4v) is 3.97. The Bertz CT molecular complexity index is 609. The van der Waals surface area contributed by atoms with E-state index in [9.17, 15) is 9.59 Å². The van der Waals surface area contributed by atoms with Crippen LogP contribution < -0.4 is 5.32 Å². The lowest BCUT2D eigenvalue weighted by atomic mass is 9.91. The van der Waals surface area contributed by atoms with Crippen molar-refractivity contribution in [2.45, 2.75) is 52.0 Å². The minimum absolute atomic E-state index is 0.0603. The third-order valence-electron chi connectivity index (χ3n) is 5.55. The highest BCUT2D eigenvalue weighted by atomic mass is 16.2. The van der Waals surface area contributed by atoms with Gasteiger partial charge in [0.05, 0.1) is 6.67 Å². The maximum Gasteiger partial charge on any atom is 0.325 e. The van der Waals surface area contributed by atoms with Gasteiger partial charge in [0.2, 0.25) is 0 Å². The number of imide groups is 1. The van der Waals surface area contributed by atoms with Crippen molar-refractivity contribution >= 4 is 11.9 Å². The zero-order chi connectivity index (χ0) is 18.5. The molecule has 3 amide bonds. The monoisotopic (exact) mass is 357 g/mol. The first-order valence-corrected chi connectivity index (χ1v) is 9.91. The maximum atomic E-state index is 12.5. The van der Waals surface area contributed by atoms with E-state index in [4.69, 9.17) is 0 Å². The van der Waals surface area contributed by atoms with Crippen LogP contribution in [-0.4, -0.2) is 47.5 Å². The predicted octanol–water partition coefficient (Wildman–Crippen LogP) is 3.26. The minimum Gasteiger partial charge on any atom is -0.326 e. The summed E-state index contributed by atoms with van der Waals surface area (Å²) in [7, 11) is 0. The average molecular weight is 357 g/mol. The lowest BCUT2D eigenvalue weighted by Crippen LogP contribution is -2.45. The molecular formula is C21H31N3O2. The number of urea groups is 1. The number of likely N-dealkylation sites (tertiary alicyclic amines) is 1. The summed E-state index contributed by atoms with van der Waals surface area (Å²) in [5.74, 6) is 1.07. The molecule has 1 atom stereocenters. The number of carbonyl (C=O) groups is 2. The van der Waals surface area contributed by atoms with E-state index < -0.39 is 0 Å². The highest BCUT2D eigenvalue weighted by Crippen LogP contribution is 2.23. The van der Waals surface area contributed by atoms with Gasteiger partial charge in [-0.15, -0.1) is 0 Å². The van der Waals surface area contributed by atoms with Crippen molar-refractivity contribution in [1.29, 1.82) is 0 Å². The van der Waals surface area contributed by atoms with Crippen LogP contribution in [0.2, 0.25) is 0 Å². The number of aryl methyl sites for hydroxylation is 1. The molecule has 0 aliphatic carbocycles. The first-order valence-electron chi connectivity index (χ1n) is 9.91. The van der Waals surface area contributed by atoms with Gasteiger partial charge in [-0.3, -0.25) is 9.69 Å². The van der Waals surface area contributed by atoms with Gasteiger partial charge < -0.3 is 5.32 Å². The highest BCUT2D eigenvalue weighted by molar-refractivity contribution is 6.04. The normalized spacial score (nSPS) is 22.3. The van der Waals surface area contributed by atoms with Crippen LogP contribution in [0.15, 0.2) is 30.3 Å². The molecule has 0 aromatic heterocycles. The first-order chi connectivity index (χ1) is 12.5. The summed E-state index contributed by atoms with van der Waals surface area (Å²) in [6.45, 7) is 6.51. The van der Waals surface area contributed by atoms with E-state index in [0.29, 0.717) is 19.0 Å². The second kappa shape index (κ2) is 8.67. The quantitative estimate of drug-likeness (QED) is 0.762. The van der Waals surface area contributed by atoms with E-state index in [1.807, 2.05) is 0 Å². The van der Waals surface area contributed by atoms with Crippen LogP contribution >= 0.6 is 0 Å². The smallest absolute Gasteiger partial charge is 0.325 e. The van der Waals surface area contributed by atoms with Crippen LogP contribution in [0, 0.1) is 11.8 Å². The van der Waals surface area contributed by atoms with Crippen molar-refractivity contribution in [3.8, 4) is 0 Å². The highest BCUT2D eigenvalue weighted by Gasteiger charge is 2.39. The Balaban J connectivity index is 1.42. The number of piperidine rings is 1. The Morgan fingerprint density at radius 1 is 1.12 bits per heavy atom. The topological polar surface area (TPSA) is 52.7 Å². The standard InChI is InChI=1S/C21H31N3O2/c1-16(2)14-19-20(25)24(21(26)22-19)15-23-12-10-18(11-13-23)9-8-17-6-4-3-5-7-17/h3-7,16,18-19H,8-15H2,1-2H3,(H,22,26). The van der Waals surface area contributed by atoms with Crippen LogP contribution in [0.3, 0.4) is 0 Å². The number of hydrogen-bond acceptors (Lipinski definition) is 3. The Labute approximate surface area is 156 Å². The molecule has 2 heterocycles. The summed E-state index contributed by atoms with van der Waals surface area (Å²) in [5, 5.41) is 2.83. The number of benzene rings is 1. The molecule has 0 bridgehead atoms. The average Bonchev–Trinajstić information content (AvgIpc) is 2.89.